The zero-order valence-electron chi connectivity index (χ0n) is 19.9. The van der Waals surface area contributed by atoms with Crippen molar-refractivity contribution in [3.63, 3.8) is 0 Å². The van der Waals surface area contributed by atoms with E-state index in [0.29, 0.717) is 29.7 Å². The van der Waals surface area contributed by atoms with Crippen LogP contribution in [0.5, 0.6) is 0 Å². The minimum atomic E-state index is -0.540. The molecule has 2 aromatic heterocycles. The first-order chi connectivity index (χ1) is 17.0. The molecule has 10 nitrogen and oxygen atoms in total. The van der Waals surface area contributed by atoms with Gasteiger partial charge in [-0.1, -0.05) is 12.1 Å². The molecule has 0 aliphatic carbocycles. The third-order valence-corrected chi connectivity index (χ3v) is 6.78. The second-order valence-corrected chi connectivity index (χ2v) is 8.90. The number of amides is 1. The number of aromatic nitrogens is 3. The number of rotatable bonds is 6. The lowest BCUT2D eigenvalue weighted by molar-refractivity contribution is 0.0989. The normalized spacial score (nSPS) is 19.4. The van der Waals surface area contributed by atoms with Crippen LogP contribution in [-0.2, 0) is 16.1 Å². The van der Waals surface area contributed by atoms with E-state index in [-0.39, 0.29) is 18.8 Å². The fourth-order valence-electron chi connectivity index (χ4n) is 4.87. The molecule has 0 spiro atoms. The summed E-state index contributed by atoms with van der Waals surface area (Å²) in [6.07, 6.45) is 2.49. The molecule has 3 aromatic rings. The standard InChI is InChI=1S/C25H27N7O3/c1-14-16(9-26)5-4-6-19(14)15(2)29-24-20-8-23(32-11-18-7-17(32)12-34-18)28-10-21(20)22(30-31-24)13-35-25(33)27-3/h4-6,8,10,15,17-18H,7,11-13H2,1-3H3,(H,27,33)(H,29,31)/t15?,17-,18-/m1/s1. The number of anilines is 2. The molecule has 3 atom stereocenters. The van der Waals surface area contributed by atoms with Gasteiger partial charge < -0.3 is 25.0 Å². The van der Waals surface area contributed by atoms with E-state index in [1.54, 1.807) is 6.20 Å². The lowest BCUT2D eigenvalue weighted by Crippen LogP contribution is -2.37. The van der Waals surface area contributed by atoms with Gasteiger partial charge in [0.05, 0.1) is 36.4 Å². The van der Waals surface area contributed by atoms with Gasteiger partial charge in [-0.05, 0) is 43.5 Å². The third-order valence-electron chi connectivity index (χ3n) is 6.78. The summed E-state index contributed by atoms with van der Waals surface area (Å²) in [5.74, 6) is 1.46. The van der Waals surface area contributed by atoms with Gasteiger partial charge in [0.25, 0.3) is 0 Å². The van der Waals surface area contributed by atoms with E-state index in [0.717, 1.165) is 40.7 Å². The second-order valence-electron chi connectivity index (χ2n) is 8.90. The van der Waals surface area contributed by atoms with Gasteiger partial charge >= 0.3 is 6.09 Å². The van der Waals surface area contributed by atoms with Crippen molar-refractivity contribution in [2.24, 2.45) is 0 Å². The fourth-order valence-corrected chi connectivity index (χ4v) is 4.87. The highest BCUT2D eigenvalue weighted by molar-refractivity contribution is 5.94. The van der Waals surface area contributed by atoms with Crippen LogP contribution < -0.4 is 15.5 Å². The van der Waals surface area contributed by atoms with Crippen LogP contribution in [0.2, 0.25) is 0 Å². The maximum Gasteiger partial charge on any atom is 0.407 e. The molecule has 35 heavy (non-hydrogen) atoms. The smallest absolute Gasteiger partial charge is 0.407 e. The summed E-state index contributed by atoms with van der Waals surface area (Å²) in [5, 5.41) is 25.7. The number of nitrogens with one attached hydrogen (secondary N) is 2. The molecule has 1 aromatic carbocycles. The highest BCUT2D eigenvalue weighted by Gasteiger charge is 2.39. The van der Waals surface area contributed by atoms with Crippen LogP contribution in [0.3, 0.4) is 0 Å². The van der Waals surface area contributed by atoms with E-state index < -0.39 is 6.09 Å². The molecule has 180 valence electrons. The van der Waals surface area contributed by atoms with Crippen molar-refractivity contribution in [1.82, 2.24) is 20.5 Å². The molecule has 4 heterocycles. The van der Waals surface area contributed by atoms with Gasteiger partial charge in [0.15, 0.2) is 5.82 Å². The van der Waals surface area contributed by atoms with E-state index >= 15 is 0 Å². The first-order valence-corrected chi connectivity index (χ1v) is 11.6. The average Bonchev–Trinajstić information content (AvgIpc) is 3.52. The lowest BCUT2D eigenvalue weighted by atomic mass is 9.98. The van der Waals surface area contributed by atoms with Crippen molar-refractivity contribution in [1.29, 1.82) is 5.26 Å². The van der Waals surface area contributed by atoms with Crippen molar-refractivity contribution < 1.29 is 14.3 Å². The Morgan fingerprint density at radius 2 is 2.23 bits per heavy atom. The number of nitriles is 1. The number of alkyl carbamates (subject to hydrolysis) is 1. The topological polar surface area (TPSA) is 125 Å². The van der Waals surface area contributed by atoms with Gasteiger partial charge in [-0.15, -0.1) is 10.2 Å². The van der Waals surface area contributed by atoms with Crippen LogP contribution in [0.4, 0.5) is 16.4 Å². The number of fused-ring (bicyclic) bond motifs is 3. The predicted molar refractivity (Wildman–Crippen MR) is 130 cm³/mol. The zero-order chi connectivity index (χ0) is 24.5. The highest BCUT2D eigenvalue weighted by Crippen LogP contribution is 2.35. The Balaban J connectivity index is 1.52. The third kappa shape index (κ3) is 4.31. The maximum absolute atomic E-state index is 11.6. The number of ether oxygens (including phenoxy) is 2. The van der Waals surface area contributed by atoms with Crippen LogP contribution >= 0.6 is 0 Å². The van der Waals surface area contributed by atoms with Crippen LogP contribution in [0.25, 0.3) is 10.8 Å². The Labute approximate surface area is 203 Å². The number of hydrogen-bond donors (Lipinski definition) is 2. The van der Waals surface area contributed by atoms with Gasteiger partial charge in [-0.3, -0.25) is 0 Å². The Kier molecular flexibility index (Phi) is 6.09. The number of benzene rings is 1. The Morgan fingerprint density at radius 3 is 2.94 bits per heavy atom. The fraction of sp³-hybridized carbons (Fsp3) is 0.400. The van der Waals surface area contributed by atoms with Crippen LogP contribution in [0.15, 0.2) is 30.5 Å². The molecule has 1 amide bonds. The molecular formula is C25H27N7O3. The zero-order valence-corrected chi connectivity index (χ0v) is 19.9. The van der Waals surface area contributed by atoms with Crippen molar-refractivity contribution >= 4 is 28.5 Å². The van der Waals surface area contributed by atoms with E-state index in [1.807, 2.05) is 38.1 Å². The molecule has 2 bridgehead atoms. The average molecular weight is 474 g/mol. The molecule has 2 aliphatic rings. The molecule has 2 N–H and O–H groups in total. The van der Waals surface area contributed by atoms with Gasteiger partial charge in [-0.2, -0.15) is 5.26 Å². The molecule has 10 heteroatoms. The molecule has 2 fully saturated rings. The van der Waals surface area contributed by atoms with Crippen LogP contribution in [0.1, 0.15) is 41.8 Å². The predicted octanol–water partition coefficient (Wildman–Crippen LogP) is 3.21. The first-order valence-electron chi connectivity index (χ1n) is 11.6. The molecule has 5 rings (SSSR count). The lowest BCUT2D eigenvalue weighted by Gasteiger charge is -2.28. The summed E-state index contributed by atoms with van der Waals surface area (Å²) in [5.41, 5.74) is 3.11. The molecule has 2 saturated heterocycles. The van der Waals surface area contributed by atoms with Gasteiger partial charge in [0, 0.05) is 30.6 Å². The number of carbonyl (C=O) groups excluding carboxylic acids is 1. The Bertz CT molecular complexity index is 1320. The van der Waals surface area contributed by atoms with Crippen LogP contribution in [-0.4, -0.2) is 53.6 Å². The SMILES string of the molecule is CNC(=O)OCc1nnc(NC(C)c2cccc(C#N)c2C)c2cc(N3C[C@H]4C[C@@H]3CO4)ncc12. The number of pyridine rings is 1. The van der Waals surface area contributed by atoms with Gasteiger partial charge in [-0.25, -0.2) is 9.78 Å². The summed E-state index contributed by atoms with van der Waals surface area (Å²) >= 11 is 0. The molecular weight excluding hydrogens is 446 g/mol. The Hall–Kier alpha value is -3.97. The van der Waals surface area contributed by atoms with Crippen molar-refractivity contribution in [2.75, 3.05) is 30.4 Å². The maximum atomic E-state index is 11.6. The monoisotopic (exact) mass is 473 g/mol. The first kappa shape index (κ1) is 22.8. The van der Waals surface area contributed by atoms with E-state index in [9.17, 15) is 10.1 Å². The van der Waals surface area contributed by atoms with Gasteiger partial charge in [0.1, 0.15) is 18.1 Å². The quantitative estimate of drug-likeness (QED) is 0.555. The molecule has 0 radical (unpaired) electrons. The second kappa shape index (κ2) is 9.35. The van der Waals surface area contributed by atoms with E-state index in [2.05, 4.69) is 31.8 Å². The summed E-state index contributed by atoms with van der Waals surface area (Å²) in [6, 6.07) is 10.2. The highest BCUT2D eigenvalue weighted by atomic mass is 16.5. The van der Waals surface area contributed by atoms with Crippen LogP contribution in [0, 0.1) is 18.3 Å². The number of hydrogen-bond acceptors (Lipinski definition) is 9. The number of morpholine rings is 1. The van der Waals surface area contributed by atoms with Gasteiger partial charge in [0.2, 0.25) is 0 Å². The van der Waals surface area contributed by atoms with Crippen molar-refractivity contribution in [3.05, 3.63) is 52.8 Å². The Morgan fingerprint density at radius 1 is 1.37 bits per heavy atom. The number of carbonyl (C=O) groups is 1. The van der Waals surface area contributed by atoms with Crippen molar-refractivity contribution in [3.8, 4) is 6.07 Å². The minimum Gasteiger partial charge on any atom is -0.443 e. The van der Waals surface area contributed by atoms with E-state index in [4.69, 9.17) is 14.5 Å². The van der Waals surface area contributed by atoms with Crippen molar-refractivity contribution in [2.45, 2.75) is 45.1 Å². The molecule has 0 saturated carbocycles. The summed E-state index contributed by atoms with van der Waals surface area (Å²) in [4.78, 5) is 18.6. The number of nitrogens with zero attached hydrogens (tertiary/aromatic N) is 5. The summed E-state index contributed by atoms with van der Waals surface area (Å²) in [6.45, 7) is 5.47. The summed E-state index contributed by atoms with van der Waals surface area (Å²) in [7, 11) is 1.51. The van der Waals surface area contributed by atoms with E-state index in [1.165, 1.54) is 7.05 Å². The minimum absolute atomic E-state index is 0.0222. The molecule has 1 unspecified atom stereocenters. The largest absolute Gasteiger partial charge is 0.443 e. The molecule has 2 aliphatic heterocycles. The summed E-state index contributed by atoms with van der Waals surface area (Å²) < 4.78 is 11.0.